The Balaban J connectivity index is 1.79. The van der Waals surface area contributed by atoms with E-state index in [1.807, 2.05) is 29.6 Å². The highest BCUT2D eigenvalue weighted by Crippen LogP contribution is 2.37. The molecule has 0 atom stereocenters. The van der Waals surface area contributed by atoms with E-state index in [9.17, 15) is 9.65 Å². The summed E-state index contributed by atoms with van der Waals surface area (Å²) in [5, 5.41) is 11.9. The first-order valence-corrected chi connectivity index (χ1v) is 8.27. The molecule has 2 aromatic carbocycles. The third-order valence-electron chi connectivity index (χ3n) is 3.65. The van der Waals surface area contributed by atoms with Gasteiger partial charge in [-0.25, -0.2) is 4.39 Å². The zero-order chi connectivity index (χ0) is 16.9. The van der Waals surface area contributed by atoms with Crippen molar-refractivity contribution in [2.24, 2.45) is 5.73 Å². The van der Waals surface area contributed by atoms with Gasteiger partial charge in [-0.2, -0.15) is 5.26 Å². The summed E-state index contributed by atoms with van der Waals surface area (Å²) >= 11 is 1.37. The minimum absolute atomic E-state index is 0.301. The van der Waals surface area contributed by atoms with Crippen LogP contribution in [-0.2, 0) is 13.2 Å². The molecule has 0 aliphatic rings. The van der Waals surface area contributed by atoms with Gasteiger partial charge in [-0.05, 0) is 28.8 Å². The summed E-state index contributed by atoms with van der Waals surface area (Å²) in [6, 6.07) is 16.1. The van der Waals surface area contributed by atoms with Gasteiger partial charge in [0.25, 0.3) is 0 Å². The van der Waals surface area contributed by atoms with Crippen LogP contribution in [0.3, 0.4) is 0 Å². The number of hydrogen-bond acceptors (Lipinski definition) is 4. The van der Waals surface area contributed by atoms with Crippen molar-refractivity contribution in [2.45, 2.75) is 13.2 Å². The SMILES string of the molecule is N#Cc1c(-c2ccc(F)cc2)csc1OCc1ccc(CN)cc1. The van der Waals surface area contributed by atoms with E-state index in [0.29, 0.717) is 23.8 Å². The smallest absolute Gasteiger partial charge is 0.192 e. The first-order valence-electron chi connectivity index (χ1n) is 7.39. The number of nitrogens with two attached hydrogens (primary N) is 1. The molecule has 2 N–H and O–H groups in total. The number of ether oxygens (including phenoxy) is 1. The molecule has 24 heavy (non-hydrogen) atoms. The molecule has 3 aromatic rings. The molecule has 0 fully saturated rings. The number of halogens is 1. The number of nitrogens with zero attached hydrogens (tertiary/aromatic N) is 1. The van der Waals surface area contributed by atoms with Crippen LogP contribution >= 0.6 is 11.3 Å². The lowest BCUT2D eigenvalue weighted by Gasteiger charge is -2.06. The maximum absolute atomic E-state index is 13.1. The molecular weight excluding hydrogens is 323 g/mol. The highest BCUT2D eigenvalue weighted by atomic mass is 32.1. The molecule has 0 saturated heterocycles. The van der Waals surface area contributed by atoms with Gasteiger partial charge in [-0.1, -0.05) is 36.4 Å². The molecule has 0 saturated carbocycles. The van der Waals surface area contributed by atoms with E-state index in [1.165, 1.54) is 23.5 Å². The topological polar surface area (TPSA) is 59.0 Å². The van der Waals surface area contributed by atoms with Crippen molar-refractivity contribution in [1.29, 1.82) is 5.26 Å². The van der Waals surface area contributed by atoms with Gasteiger partial charge >= 0.3 is 0 Å². The van der Waals surface area contributed by atoms with Crippen LogP contribution < -0.4 is 10.5 Å². The van der Waals surface area contributed by atoms with Gasteiger partial charge in [0, 0.05) is 17.5 Å². The quantitative estimate of drug-likeness (QED) is 0.747. The van der Waals surface area contributed by atoms with Crippen LogP contribution in [0.5, 0.6) is 5.06 Å². The Morgan fingerprint density at radius 1 is 1.04 bits per heavy atom. The Morgan fingerprint density at radius 3 is 2.33 bits per heavy atom. The van der Waals surface area contributed by atoms with Crippen molar-refractivity contribution < 1.29 is 9.13 Å². The van der Waals surface area contributed by atoms with Crippen LogP contribution in [0.25, 0.3) is 11.1 Å². The van der Waals surface area contributed by atoms with Gasteiger partial charge in [0.05, 0.1) is 0 Å². The van der Waals surface area contributed by atoms with Crippen LogP contribution in [0.15, 0.2) is 53.9 Å². The maximum Gasteiger partial charge on any atom is 0.192 e. The summed E-state index contributed by atoms with van der Waals surface area (Å²) in [6.07, 6.45) is 0. The summed E-state index contributed by atoms with van der Waals surface area (Å²) in [4.78, 5) is 0. The molecule has 0 unspecified atom stereocenters. The lowest BCUT2D eigenvalue weighted by molar-refractivity contribution is 0.315. The summed E-state index contributed by atoms with van der Waals surface area (Å²) in [5.41, 5.74) is 9.68. The molecule has 1 aromatic heterocycles. The molecule has 120 valence electrons. The van der Waals surface area contributed by atoms with Crippen LogP contribution in [0.2, 0.25) is 0 Å². The molecule has 0 amide bonds. The predicted octanol–water partition coefficient (Wildman–Crippen LogP) is 4.46. The van der Waals surface area contributed by atoms with Crippen molar-refractivity contribution in [1.82, 2.24) is 0 Å². The van der Waals surface area contributed by atoms with Gasteiger partial charge in [-0.15, -0.1) is 11.3 Å². The Morgan fingerprint density at radius 2 is 1.71 bits per heavy atom. The fourth-order valence-electron chi connectivity index (χ4n) is 2.31. The minimum atomic E-state index is -0.301. The summed E-state index contributed by atoms with van der Waals surface area (Å²) < 4.78 is 18.9. The lowest BCUT2D eigenvalue weighted by Crippen LogP contribution is -1.98. The van der Waals surface area contributed by atoms with Crippen LogP contribution in [0, 0.1) is 17.1 Å². The maximum atomic E-state index is 13.1. The van der Waals surface area contributed by atoms with Crippen LogP contribution in [0.4, 0.5) is 4.39 Å². The van der Waals surface area contributed by atoms with E-state index in [0.717, 1.165) is 22.3 Å². The van der Waals surface area contributed by atoms with Crippen molar-refractivity contribution in [3.63, 3.8) is 0 Å². The van der Waals surface area contributed by atoms with Crippen molar-refractivity contribution in [3.8, 4) is 22.3 Å². The van der Waals surface area contributed by atoms with E-state index in [1.54, 1.807) is 12.1 Å². The average molecular weight is 338 g/mol. The zero-order valence-electron chi connectivity index (χ0n) is 12.8. The zero-order valence-corrected chi connectivity index (χ0v) is 13.6. The Bertz CT molecular complexity index is 864. The molecular formula is C19H15FN2OS. The van der Waals surface area contributed by atoms with Crippen LogP contribution in [-0.4, -0.2) is 0 Å². The molecule has 1 heterocycles. The fraction of sp³-hybridized carbons (Fsp3) is 0.105. The van der Waals surface area contributed by atoms with E-state index in [-0.39, 0.29) is 5.82 Å². The third-order valence-corrected chi connectivity index (χ3v) is 4.54. The van der Waals surface area contributed by atoms with Crippen LogP contribution in [0.1, 0.15) is 16.7 Å². The fourth-order valence-corrected chi connectivity index (χ4v) is 3.19. The average Bonchev–Trinajstić information content (AvgIpc) is 3.04. The first-order chi connectivity index (χ1) is 11.7. The second-order valence-corrected chi connectivity index (χ2v) is 6.08. The summed E-state index contributed by atoms with van der Waals surface area (Å²) in [5.74, 6) is -0.301. The first kappa shape index (κ1) is 16.2. The van der Waals surface area contributed by atoms with E-state index in [4.69, 9.17) is 10.5 Å². The molecule has 0 spiro atoms. The molecule has 3 rings (SSSR count). The second kappa shape index (κ2) is 7.26. The molecule has 0 radical (unpaired) electrons. The minimum Gasteiger partial charge on any atom is -0.478 e. The van der Waals surface area contributed by atoms with E-state index >= 15 is 0 Å². The molecule has 0 aliphatic carbocycles. The van der Waals surface area contributed by atoms with Crippen molar-refractivity contribution in [3.05, 3.63) is 76.4 Å². The van der Waals surface area contributed by atoms with E-state index < -0.39 is 0 Å². The van der Waals surface area contributed by atoms with Gasteiger partial charge in [-0.3, -0.25) is 0 Å². The molecule has 5 heteroatoms. The lowest BCUT2D eigenvalue weighted by atomic mass is 10.1. The normalized spacial score (nSPS) is 10.4. The Kier molecular flexibility index (Phi) is 4.90. The van der Waals surface area contributed by atoms with E-state index in [2.05, 4.69) is 6.07 Å². The van der Waals surface area contributed by atoms with Crippen molar-refractivity contribution >= 4 is 11.3 Å². The highest BCUT2D eigenvalue weighted by Gasteiger charge is 2.14. The largest absolute Gasteiger partial charge is 0.478 e. The number of nitriles is 1. The second-order valence-electron chi connectivity index (χ2n) is 5.24. The highest BCUT2D eigenvalue weighted by molar-refractivity contribution is 7.12. The monoisotopic (exact) mass is 338 g/mol. The molecule has 0 bridgehead atoms. The van der Waals surface area contributed by atoms with Gasteiger partial charge in [0.1, 0.15) is 24.1 Å². The Hall–Kier alpha value is -2.68. The number of hydrogen-bond donors (Lipinski definition) is 1. The van der Waals surface area contributed by atoms with Gasteiger partial charge < -0.3 is 10.5 Å². The van der Waals surface area contributed by atoms with Gasteiger partial charge in [0.15, 0.2) is 5.06 Å². The third kappa shape index (κ3) is 3.46. The summed E-state index contributed by atoms with van der Waals surface area (Å²) in [6.45, 7) is 0.884. The molecule has 0 aliphatic heterocycles. The van der Waals surface area contributed by atoms with Crippen molar-refractivity contribution in [2.75, 3.05) is 0 Å². The predicted molar refractivity (Wildman–Crippen MR) is 93.1 cm³/mol. The standard InChI is InChI=1S/C19H15FN2OS/c20-16-7-5-15(6-8-16)18-12-24-19(17(18)10-22)23-11-14-3-1-13(9-21)2-4-14/h1-8,12H,9,11,21H2. The number of benzene rings is 2. The number of thiophene rings is 1. The Labute approximate surface area is 143 Å². The molecule has 3 nitrogen and oxygen atoms in total. The summed E-state index contributed by atoms with van der Waals surface area (Å²) in [7, 11) is 0. The number of rotatable bonds is 5. The van der Waals surface area contributed by atoms with Gasteiger partial charge in [0.2, 0.25) is 0 Å².